The van der Waals surface area contributed by atoms with E-state index >= 15 is 0 Å². The molecule has 0 saturated carbocycles. The first-order chi connectivity index (χ1) is 13.4. The lowest BCUT2D eigenvalue weighted by atomic mass is 10.1. The van der Waals surface area contributed by atoms with Gasteiger partial charge in [-0.3, -0.25) is 0 Å². The first kappa shape index (κ1) is 18.5. The van der Waals surface area contributed by atoms with Gasteiger partial charge in [-0.1, -0.05) is 18.2 Å². The van der Waals surface area contributed by atoms with E-state index in [1.165, 1.54) is 22.7 Å². The Balaban J connectivity index is 0.00000160. The van der Waals surface area contributed by atoms with E-state index in [9.17, 15) is 8.42 Å². The number of anilines is 1. The summed E-state index contributed by atoms with van der Waals surface area (Å²) < 4.78 is 27.2. The van der Waals surface area contributed by atoms with Crippen molar-refractivity contribution in [2.75, 3.05) is 32.9 Å². The van der Waals surface area contributed by atoms with Crippen LogP contribution in [0.5, 0.6) is 0 Å². The highest BCUT2D eigenvalue weighted by atomic mass is 32.2. The predicted molar refractivity (Wildman–Crippen MR) is 113 cm³/mol. The number of rotatable bonds is 4. The third kappa shape index (κ3) is 3.26. The largest absolute Gasteiger partial charge is 0.382 e. The Morgan fingerprint density at radius 2 is 2.04 bits per heavy atom. The lowest BCUT2D eigenvalue weighted by molar-refractivity contribution is 0.396. The molecule has 0 spiro atoms. The maximum absolute atomic E-state index is 12.3. The molecule has 3 aromatic rings. The van der Waals surface area contributed by atoms with Gasteiger partial charge in [-0.15, -0.1) is 0 Å². The second-order valence-corrected chi connectivity index (χ2v) is 8.86. The van der Waals surface area contributed by atoms with E-state index in [0.717, 1.165) is 16.6 Å². The number of aromatic nitrogens is 4. The van der Waals surface area contributed by atoms with Gasteiger partial charge in [0.1, 0.15) is 5.69 Å². The van der Waals surface area contributed by atoms with Crippen LogP contribution in [0.3, 0.4) is 0 Å². The molecule has 0 unspecified atom stereocenters. The molecule has 0 atom stereocenters. The molecule has 9 nitrogen and oxygen atoms in total. The molecule has 4 rings (SSSR count). The Hall–Kier alpha value is -2.82. The Morgan fingerprint density at radius 3 is 2.71 bits per heavy atom. The van der Waals surface area contributed by atoms with Crippen LogP contribution >= 0.6 is 0 Å². The smallest absolute Gasteiger partial charge is 0.281 e. The Bertz CT molecular complexity index is 1150. The maximum atomic E-state index is 12.3. The number of fused-ring (bicyclic) bond motifs is 1. The summed E-state index contributed by atoms with van der Waals surface area (Å²) in [5.74, 6) is 0.845. The van der Waals surface area contributed by atoms with Crippen LogP contribution in [0, 0.1) is 0 Å². The molecule has 3 heterocycles. The van der Waals surface area contributed by atoms with Crippen molar-refractivity contribution >= 4 is 32.6 Å². The van der Waals surface area contributed by atoms with E-state index in [0.29, 0.717) is 36.7 Å². The summed E-state index contributed by atoms with van der Waals surface area (Å²) in [6, 6.07) is 7.68. The fourth-order valence-electron chi connectivity index (χ4n) is 3.12. The highest BCUT2D eigenvalue weighted by Gasteiger charge is 2.27. The summed E-state index contributed by atoms with van der Waals surface area (Å²) in [6.07, 6.45) is 4.03. The molecule has 0 fully saturated rings. The lowest BCUT2D eigenvalue weighted by Crippen LogP contribution is -2.42. The number of para-hydroxylation sites is 2. The molecule has 10 heteroatoms. The van der Waals surface area contributed by atoms with Gasteiger partial charge in [0.05, 0.1) is 22.9 Å². The van der Waals surface area contributed by atoms with Crippen molar-refractivity contribution in [3.63, 3.8) is 0 Å². The molecule has 3 N–H and O–H groups in total. The Labute approximate surface area is 166 Å². The molecule has 1 aromatic carbocycles. The number of aromatic amines is 1. The van der Waals surface area contributed by atoms with Crippen LogP contribution in [0.25, 0.3) is 28.1 Å². The SMILES string of the molecule is CN(C)S(=O)(=O)N1CC=C(c2cnc(N)c(-c3nc4ccccc4[nH]3)n2)CC1.[HH].[HH]. The van der Waals surface area contributed by atoms with Crippen molar-refractivity contribution in [3.8, 4) is 11.5 Å². The standard InChI is InChI=1S/C18H21N7O2S.2H2/c1-24(2)28(26,27)25-9-7-12(8-10-25)15-11-20-17(19)16(21-15)18-22-13-5-3-4-6-14(13)23-18;;/h3-7,11H,8-10H2,1-2H3,(H2,19,20)(H,22,23);2*1H. The van der Waals surface area contributed by atoms with Crippen LogP contribution in [0.1, 0.15) is 15.0 Å². The zero-order chi connectivity index (χ0) is 19.9. The minimum absolute atomic E-state index is 0. The van der Waals surface area contributed by atoms with Crippen LogP contribution in [-0.2, 0) is 10.2 Å². The molecule has 150 valence electrons. The van der Waals surface area contributed by atoms with Crippen molar-refractivity contribution in [3.05, 3.63) is 42.2 Å². The highest BCUT2D eigenvalue weighted by Crippen LogP contribution is 2.27. The molecule has 1 aliphatic heterocycles. The van der Waals surface area contributed by atoms with Crippen molar-refractivity contribution in [1.29, 1.82) is 0 Å². The number of nitrogens with zero attached hydrogens (tertiary/aromatic N) is 5. The maximum Gasteiger partial charge on any atom is 0.281 e. The molecule has 2 aromatic heterocycles. The Morgan fingerprint density at radius 1 is 1.25 bits per heavy atom. The van der Waals surface area contributed by atoms with E-state index in [4.69, 9.17) is 5.73 Å². The quantitative estimate of drug-likeness (QED) is 0.687. The van der Waals surface area contributed by atoms with E-state index in [1.54, 1.807) is 6.20 Å². The topological polar surface area (TPSA) is 121 Å². The lowest BCUT2D eigenvalue weighted by Gasteiger charge is -2.28. The van der Waals surface area contributed by atoms with Gasteiger partial charge in [-0.25, -0.2) is 15.0 Å². The highest BCUT2D eigenvalue weighted by molar-refractivity contribution is 7.86. The van der Waals surface area contributed by atoms with Crippen molar-refractivity contribution in [1.82, 2.24) is 28.5 Å². The van der Waals surface area contributed by atoms with Crippen LogP contribution in [0.2, 0.25) is 0 Å². The van der Waals surface area contributed by atoms with Gasteiger partial charge in [0.2, 0.25) is 0 Å². The number of nitrogen functional groups attached to an aromatic ring is 1. The third-order valence-electron chi connectivity index (χ3n) is 4.70. The zero-order valence-corrected chi connectivity index (χ0v) is 16.4. The minimum atomic E-state index is -3.43. The average molecular weight is 404 g/mol. The van der Waals surface area contributed by atoms with Crippen LogP contribution in [0.15, 0.2) is 36.5 Å². The number of hydrogen-bond acceptors (Lipinski definition) is 6. The summed E-state index contributed by atoms with van der Waals surface area (Å²) in [5, 5.41) is 0. The van der Waals surface area contributed by atoms with Crippen LogP contribution in [0.4, 0.5) is 5.82 Å². The van der Waals surface area contributed by atoms with Gasteiger partial charge in [-0.2, -0.15) is 17.0 Å². The molecular formula is C18H25N7O2S. The van der Waals surface area contributed by atoms with Gasteiger partial charge in [0, 0.05) is 30.0 Å². The molecule has 0 saturated heterocycles. The molecule has 0 aliphatic carbocycles. The number of nitrogens with one attached hydrogen (secondary N) is 1. The van der Waals surface area contributed by atoms with E-state index in [2.05, 4.69) is 19.9 Å². The van der Waals surface area contributed by atoms with Gasteiger partial charge >= 0.3 is 0 Å². The molecule has 28 heavy (non-hydrogen) atoms. The van der Waals surface area contributed by atoms with Crippen LogP contribution < -0.4 is 5.73 Å². The monoisotopic (exact) mass is 403 g/mol. The Kier molecular flexibility index (Phi) is 4.61. The third-order valence-corrected chi connectivity index (χ3v) is 6.61. The molecule has 0 amide bonds. The second-order valence-electron chi connectivity index (χ2n) is 6.72. The van der Waals surface area contributed by atoms with Gasteiger partial charge in [-0.05, 0) is 24.1 Å². The molecule has 1 aliphatic rings. The fraction of sp³-hybridized carbons (Fsp3) is 0.278. The molecular weight excluding hydrogens is 378 g/mol. The predicted octanol–water partition coefficient (Wildman–Crippen LogP) is 1.99. The molecule has 0 bridgehead atoms. The fourth-order valence-corrected chi connectivity index (χ4v) is 4.16. The summed E-state index contributed by atoms with van der Waals surface area (Å²) in [4.78, 5) is 16.7. The van der Waals surface area contributed by atoms with E-state index in [-0.39, 0.29) is 8.67 Å². The summed E-state index contributed by atoms with van der Waals surface area (Å²) in [6.45, 7) is 0.681. The first-order valence-electron chi connectivity index (χ1n) is 8.81. The normalized spacial score (nSPS) is 15.9. The first-order valence-corrected chi connectivity index (χ1v) is 10.2. The number of nitrogens with two attached hydrogens (primary N) is 1. The molecule has 0 radical (unpaired) electrons. The summed E-state index contributed by atoms with van der Waals surface area (Å²) in [7, 11) is -0.372. The summed E-state index contributed by atoms with van der Waals surface area (Å²) in [5.41, 5.74) is 9.85. The van der Waals surface area contributed by atoms with Gasteiger partial charge in [0.15, 0.2) is 11.6 Å². The van der Waals surface area contributed by atoms with Crippen molar-refractivity contribution in [2.45, 2.75) is 6.42 Å². The van der Waals surface area contributed by atoms with Gasteiger partial charge < -0.3 is 10.7 Å². The van der Waals surface area contributed by atoms with Crippen molar-refractivity contribution < 1.29 is 11.3 Å². The zero-order valence-electron chi connectivity index (χ0n) is 15.6. The number of hydrogen-bond donors (Lipinski definition) is 2. The van der Waals surface area contributed by atoms with Crippen LogP contribution in [-0.4, -0.2) is 64.1 Å². The number of imidazole rings is 1. The van der Waals surface area contributed by atoms with Gasteiger partial charge in [0.25, 0.3) is 10.2 Å². The van der Waals surface area contributed by atoms with E-state index in [1.807, 2.05) is 30.3 Å². The average Bonchev–Trinajstić information content (AvgIpc) is 3.12. The number of H-pyrrole nitrogens is 1. The van der Waals surface area contributed by atoms with E-state index < -0.39 is 10.2 Å². The number of benzene rings is 1. The minimum Gasteiger partial charge on any atom is -0.382 e. The second kappa shape index (κ2) is 6.97. The van der Waals surface area contributed by atoms with Crippen molar-refractivity contribution in [2.24, 2.45) is 0 Å². The summed E-state index contributed by atoms with van der Waals surface area (Å²) >= 11 is 0.